The summed E-state index contributed by atoms with van der Waals surface area (Å²) in [6.07, 6.45) is 2.01. The first-order valence-electron chi connectivity index (χ1n) is 7.15. The SMILES string of the molecule is CC(C)(C)NCc1nnc(C2Cc3ccccc3C2)o1. The Balaban J connectivity index is 1.67. The Morgan fingerprint density at radius 1 is 1.15 bits per heavy atom. The number of nitrogens with one attached hydrogen (secondary N) is 1. The minimum Gasteiger partial charge on any atom is -0.424 e. The number of fused-ring (bicyclic) bond motifs is 1. The highest BCUT2D eigenvalue weighted by Crippen LogP contribution is 2.32. The van der Waals surface area contributed by atoms with E-state index in [0.29, 0.717) is 18.4 Å². The third kappa shape index (κ3) is 2.90. The molecule has 0 radical (unpaired) electrons. The summed E-state index contributed by atoms with van der Waals surface area (Å²) >= 11 is 0. The van der Waals surface area contributed by atoms with Crippen molar-refractivity contribution >= 4 is 0 Å². The first-order chi connectivity index (χ1) is 9.51. The van der Waals surface area contributed by atoms with Gasteiger partial charge in [-0.15, -0.1) is 10.2 Å². The molecule has 1 aromatic carbocycles. The van der Waals surface area contributed by atoms with E-state index in [9.17, 15) is 0 Å². The molecule has 0 atom stereocenters. The van der Waals surface area contributed by atoms with Gasteiger partial charge in [-0.1, -0.05) is 24.3 Å². The van der Waals surface area contributed by atoms with Crippen LogP contribution in [-0.2, 0) is 19.4 Å². The van der Waals surface area contributed by atoms with E-state index in [2.05, 4.69) is 60.6 Å². The summed E-state index contributed by atoms with van der Waals surface area (Å²) in [6.45, 7) is 6.99. The molecule has 0 bridgehead atoms. The quantitative estimate of drug-likeness (QED) is 0.932. The van der Waals surface area contributed by atoms with Crippen molar-refractivity contribution in [2.24, 2.45) is 0 Å². The smallest absolute Gasteiger partial charge is 0.230 e. The summed E-state index contributed by atoms with van der Waals surface area (Å²) in [5.41, 5.74) is 2.87. The predicted molar refractivity (Wildman–Crippen MR) is 77.5 cm³/mol. The van der Waals surface area contributed by atoms with Gasteiger partial charge in [-0.05, 0) is 44.7 Å². The van der Waals surface area contributed by atoms with E-state index in [-0.39, 0.29) is 5.54 Å². The highest BCUT2D eigenvalue weighted by Gasteiger charge is 2.27. The molecular weight excluding hydrogens is 250 g/mol. The van der Waals surface area contributed by atoms with Crippen LogP contribution in [0.25, 0.3) is 0 Å². The first kappa shape index (κ1) is 13.3. The summed E-state index contributed by atoms with van der Waals surface area (Å²) in [7, 11) is 0. The second-order valence-corrected chi connectivity index (χ2v) is 6.51. The standard InChI is InChI=1S/C16H21N3O/c1-16(2,3)17-10-14-18-19-15(20-14)13-8-11-6-4-5-7-12(11)9-13/h4-7,13,17H,8-10H2,1-3H3. The Kier molecular flexibility index (Phi) is 3.34. The van der Waals surface area contributed by atoms with Gasteiger partial charge in [-0.3, -0.25) is 0 Å². The van der Waals surface area contributed by atoms with Crippen LogP contribution in [0.2, 0.25) is 0 Å². The van der Waals surface area contributed by atoms with Crippen LogP contribution >= 0.6 is 0 Å². The molecule has 1 aliphatic carbocycles. The molecule has 4 nitrogen and oxygen atoms in total. The van der Waals surface area contributed by atoms with Crippen LogP contribution in [0.4, 0.5) is 0 Å². The van der Waals surface area contributed by atoms with Gasteiger partial charge < -0.3 is 9.73 Å². The van der Waals surface area contributed by atoms with Crippen molar-refractivity contribution < 1.29 is 4.42 Å². The molecule has 0 aliphatic heterocycles. The number of hydrogen-bond acceptors (Lipinski definition) is 4. The molecule has 106 valence electrons. The van der Waals surface area contributed by atoms with Crippen LogP contribution < -0.4 is 5.32 Å². The average Bonchev–Trinajstić information content (AvgIpc) is 3.01. The van der Waals surface area contributed by atoms with Crippen molar-refractivity contribution in [3.05, 3.63) is 47.2 Å². The maximum absolute atomic E-state index is 5.81. The normalized spacial score (nSPS) is 15.6. The number of nitrogens with zero attached hydrogens (tertiary/aromatic N) is 2. The van der Waals surface area contributed by atoms with Crippen LogP contribution in [0.1, 0.15) is 49.6 Å². The van der Waals surface area contributed by atoms with E-state index in [0.717, 1.165) is 18.7 Å². The van der Waals surface area contributed by atoms with Gasteiger partial charge in [0.2, 0.25) is 11.8 Å². The number of aromatic nitrogens is 2. The van der Waals surface area contributed by atoms with Crippen molar-refractivity contribution in [2.75, 3.05) is 0 Å². The average molecular weight is 271 g/mol. The van der Waals surface area contributed by atoms with Gasteiger partial charge in [-0.25, -0.2) is 0 Å². The van der Waals surface area contributed by atoms with Crippen molar-refractivity contribution in [3.63, 3.8) is 0 Å². The molecule has 0 amide bonds. The molecule has 1 heterocycles. The number of hydrogen-bond donors (Lipinski definition) is 1. The molecule has 1 aliphatic rings. The molecule has 1 aromatic heterocycles. The van der Waals surface area contributed by atoms with Crippen LogP contribution in [0.3, 0.4) is 0 Å². The van der Waals surface area contributed by atoms with Crippen LogP contribution in [0.15, 0.2) is 28.7 Å². The lowest BCUT2D eigenvalue weighted by Crippen LogP contribution is -2.35. The highest BCUT2D eigenvalue weighted by atomic mass is 16.4. The summed E-state index contributed by atoms with van der Waals surface area (Å²) in [4.78, 5) is 0. The summed E-state index contributed by atoms with van der Waals surface area (Å²) in [6, 6.07) is 8.56. The van der Waals surface area contributed by atoms with Crippen molar-refractivity contribution in [1.82, 2.24) is 15.5 Å². The van der Waals surface area contributed by atoms with Crippen molar-refractivity contribution in [3.8, 4) is 0 Å². The molecule has 0 saturated carbocycles. The molecule has 4 heteroatoms. The van der Waals surface area contributed by atoms with Gasteiger partial charge in [0.25, 0.3) is 0 Å². The monoisotopic (exact) mass is 271 g/mol. The van der Waals surface area contributed by atoms with E-state index in [1.165, 1.54) is 11.1 Å². The highest BCUT2D eigenvalue weighted by molar-refractivity contribution is 5.34. The topological polar surface area (TPSA) is 51.0 Å². The van der Waals surface area contributed by atoms with Crippen molar-refractivity contribution in [2.45, 2.75) is 51.6 Å². The van der Waals surface area contributed by atoms with Crippen LogP contribution in [0, 0.1) is 0 Å². The lowest BCUT2D eigenvalue weighted by Gasteiger charge is -2.18. The Hall–Kier alpha value is -1.68. The lowest BCUT2D eigenvalue weighted by molar-refractivity contribution is 0.362. The van der Waals surface area contributed by atoms with E-state index < -0.39 is 0 Å². The maximum Gasteiger partial charge on any atom is 0.230 e. The molecule has 0 fully saturated rings. The van der Waals surface area contributed by atoms with E-state index in [4.69, 9.17) is 4.42 Å². The fourth-order valence-electron chi connectivity index (χ4n) is 2.58. The first-order valence-corrected chi connectivity index (χ1v) is 7.15. The van der Waals surface area contributed by atoms with Gasteiger partial charge in [0.15, 0.2) is 0 Å². The second-order valence-electron chi connectivity index (χ2n) is 6.51. The molecule has 3 rings (SSSR count). The zero-order valence-corrected chi connectivity index (χ0v) is 12.3. The summed E-state index contributed by atoms with van der Waals surface area (Å²) in [5.74, 6) is 1.78. The van der Waals surface area contributed by atoms with Gasteiger partial charge >= 0.3 is 0 Å². The Morgan fingerprint density at radius 2 is 1.80 bits per heavy atom. The summed E-state index contributed by atoms with van der Waals surface area (Å²) in [5, 5.41) is 11.7. The molecule has 0 spiro atoms. The molecule has 0 unspecified atom stereocenters. The fraction of sp³-hybridized carbons (Fsp3) is 0.500. The zero-order valence-electron chi connectivity index (χ0n) is 12.3. The number of benzene rings is 1. The third-order valence-corrected chi connectivity index (χ3v) is 3.65. The third-order valence-electron chi connectivity index (χ3n) is 3.65. The molecule has 20 heavy (non-hydrogen) atoms. The predicted octanol–water partition coefficient (Wildman–Crippen LogP) is 2.84. The fourth-order valence-corrected chi connectivity index (χ4v) is 2.58. The Labute approximate surface area is 119 Å². The molecule has 1 N–H and O–H groups in total. The lowest BCUT2D eigenvalue weighted by atomic mass is 10.1. The van der Waals surface area contributed by atoms with Crippen LogP contribution in [-0.4, -0.2) is 15.7 Å². The van der Waals surface area contributed by atoms with Gasteiger partial charge in [0.1, 0.15) is 0 Å². The zero-order chi connectivity index (χ0) is 14.2. The van der Waals surface area contributed by atoms with E-state index in [1.54, 1.807) is 0 Å². The Morgan fingerprint density at radius 3 is 2.40 bits per heavy atom. The molecule has 0 saturated heterocycles. The minimum atomic E-state index is 0.0538. The van der Waals surface area contributed by atoms with Gasteiger partial charge in [0.05, 0.1) is 6.54 Å². The van der Waals surface area contributed by atoms with Gasteiger partial charge in [0, 0.05) is 11.5 Å². The van der Waals surface area contributed by atoms with E-state index >= 15 is 0 Å². The van der Waals surface area contributed by atoms with Crippen LogP contribution in [0.5, 0.6) is 0 Å². The van der Waals surface area contributed by atoms with Crippen molar-refractivity contribution in [1.29, 1.82) is 0 Å². The number of rotatable bonds is 3. The van der Waals surface area contributed by atoms with E-state index in [1.807, 2.05) is 0 Å². The Bertz CT molecular complexity index is 573. The summed E-state index contributed by atoms with van der Waals surface area (Å²) < 4.78 is 5.81. The molecular formula is C16H21N3O. The second kappa shape index (κ2) is 5.02. The maximum atomic E-state index is 5.81. The van der Waals surface area contributed by atoms with Gasteiger partial charge in [-0.2, -0.15) is 0 Å². The largest absolute Gasteiger partial charge is 0.424 e. The minimum absolute atomic E-state index is 0.0538. The molecule has 2 aromatic rings.